The molecule has 20 heavy (non-hydrogen) atoms. The Bertz CT molecular complexity index is 576. The van der Waals surface area contributed by atoms with Crippen LogP contribution in [0.1, 0.15) is 11.1 Å². The number of nitrogens with one attached hydrogen (secondary N) is 1. The molecule has 0 saturated heterocycles. The van der Waals surface area contributed by atoms with Crippen molar-refractivity contribution in [2.45, 2.75) is 13.5 Å². The van der Waals surface area contributed by atoms with Crippen LogP contribution in [0.2, 0.25) is 0 Å². The first kappa shape index (κ1) is 13.9. The van der Waals surface area contributed by atoms with Crippen LogP contribution < -0.4 is 10.2 Å². The van der Waals surface area contributed by atoms with Crippen LogP contribution >= 0.6 is 0 Å². The molecule has 4 heteroatoms. The van der Waals surface area contributed by atoms with E-state index < -0.39 is 0 Å². The van der Waals surface area contributed by atoms with E-state index in [-0.39, 0.29) is 11.8 Å². The zero-order valence-electron chi connectivity index (χ0n) is 11.6. The zero-order valence-corrected chi connectivity index (χ0v) is 11.6. The Kier molecular flexibility index (Phi) is 4.25. The summed E-state index contributed by atoms with van der Waals surface area (Å²) in [6.45, 7) is 2.52. The lowest BCUT2D eigenvalue weighted by Gasteiger charge is -2.18. The van der Waals surface area contributed by atoms with Crippen molar-refractivity contribution in [3.63, 3.8) is 0 Å². The fraction of sp³-hybridized carbons (Fsp3) is 0.188. The normalized spacial score (nSPS) is 10.1. The summed E-state index contributed by atoms with van der Waals surface area (Å²) in [6.07, 6.45) is 0. The Balaban J connectivity index is 1.94. The molecule has 4 nitrogen and oxygen atoms in total. The van der Waals surface area contributed by atoms with Gasteiger partial charge in [0, 0.05) is 19.3 Å². The van der Waals surface area contributed by atoms with Crippen LogP contribution in [-0.4, -0.2) is 18.2 Å². The minimum Gasteiger partial charge on any atom is -0.508 e. The van der Waals surface area contributed by atoms with Crippen LogP contribution in [0.15, 0.2) is 48.5 Å². The van der Waals surface area contributed by atoms with Crippen molar-refractivity contribution in [1.82, 2.24) is 5.32 Å². The van der Waals surface area contributed by atoms with E-state index in [1.165, 1.54) is 10.5 Å². The molecule has 0 aliphatic heterocycles. The van der Waals surface area contributed by atoms with Crippen LogP contribution in [0.25, 0.3) is 0 Å². The van der Waals surface area contributed by atoms with Crippen molar-refractivity contribution >= 4 is 11.7 Å². The van der Waals surface area contributed by atoms with Gasteiger partial charge in [0.25, 0.3) is 0 Å². The van der Waals surface area contributed by atoms with Crippen LogP contribution in [0.4, 0.5) is 10.5 Å². The molecule has 0 fully saturated rings. The SMILES string of the molecule is Cc1ccc(CNC(=O)N(C)c2ccc(O)cc2)cc1. The van der Waals surface area contributed by atoms with Gasteiger partial charge in [-0.1, -0.05) is 29.8 Å². The Morgan fingerprint density at radius 1 is 1.10 bits per heavy atom. The minimum absolute atomic E-state index is 0.183. The molecule has 0 radical (unpaired) electrons. The maximum absolute atomic E-state index is 12.0. The number of amides is 2. The number of anilines is 1. The van der Waals surface area contributed by atoms with Gasteiger partial charge in [0.05, 0.1) is 0 Å². The number of carbonyl (C=O) groups is 1. The van der Waals surface area contributed by atoms with Gasteiger partial charge in [0.1, 0.15) is 5.75 Å². The summed E-state index contributed by atoms with van der Waals surface area (Å²) in [5.41, 5.74) is 2.98. The second kappa shape index (κ2) is 6.10. The molecule has 2 aromatic rings. The third kappa shape index (κ3) is 3.51. The van der Waals surface area contributed by atoms with E-state index in [0.29, 0.717) is 6.54 Å². The summed E-state index contributed by atoms with van der Waals surface area (Å²) in [5.74, 6) is 0.183. The number of carbonyl (C=O) groups excluding carboxylic acids is 1. The van der Waals surface area contributed by atoms with E-state index in [9.17, 15) is 9.90 Å². The third-order valence-electron chi connectivity index (χ3n) is 3.11. The summed E-state index contributed by atoms with van der Waals surface area (Å²) in [7, 11) is 1.69. The monoisotopic (exact) mass is 270 g/mol. The predicted molar refractivity (Wildman–Crippen MR) is 79.9 cm³/mol. The molecule has 0 spiro atoms. The van der Waals surface area contributed by atoms with Crippen molar-refractivity contribution < 1.29 is 9.90 Å². The predicted octanol–water partition coefficient (Wildman–Crippen LogP) is 3.05. The first-order valence-electron chi connectivity index (χ1n) is 6.42. The molecule has 0 atom stereocenters. The van der Waals surface area contributed by atoms with E-state index in [0.717, 1.165) is 11.3 Å². The second-order valence-corrected chi connectivity index (χ2v) is 4.72. The standard InChI is InChI=1S/C16H18N2O2/c1-12-3-5-13(6-4-12)11-17-16(20)18(2)14-7-9-15(19)10-8-14/h3-10,19H,11H2,1-2H3,(H,17,20). The highest BCUT2D eigenvalue weighted by Gasteiger charge is 2.10. The van der Waals surface area contributed by atoms with Gasteiger partial charge < -0.3 is 10.4 Å². The van der Waals surface area contributed by atoms with E-state index in [1.807, 2.05) is 31.2 Å². The van der Waals surface area contributed by atoms with E-state index in [4.69, 9.17) is 0 Å². The molecule has 2 aromatic carbocycles. The molecule has 0 saturated carbocycles. The van der Waals surface area contributed by atoms with Crippen molar-refractivity contribution in [1.29, 1.82) is 0 Å². The molecule has 2 N–H and O–H groups in total. The van der Waals surface area contributed by atoms with Gasteiger partial charge in [-0.05, 0) is 36.8 Å². The molecule has 0 aliphatic rings. The summed E-state index contributed by atoms with van der Waals surface area (Å²) in [5, 5.41) is 12.1. The molecule has 0 aliphatic carbocycles. The fourth-order valence-corrected chi connectivity index (χ4v) is 1.80. The van der Waals surface area contributed by atoms with Crippen LogP contribution in [0.3, 0.4) is 0 Å². The smallest absolute Gasteiger partial charge is 0.321 e. The zero-order chi connectivity index (χ0) is 14.5. The number of aryl methyl sites for hydroxylation is 1. The molecule has 0 bridgehead atoms. The van der Waals surface area contributed by atoms with Crippen molar-refractivity contribution in [3.05, 3.63) is 59.7 Å². The van der Waals surface area contributed by atoms with Gasteiger partial charge in [-0.2, -0.15) is 0 Å². The van der Waals surface area contributed by atoms with Crippen molar-refractivity contribution in [2.24, 2.45) is 0 Å². The van der Waals surface area contributed by atoms with Crippen molar-refractivity contribution in [3.8, 4) is 5.75 Å². The Morgan fingerprint density at radius 2 is 1.70 bits per heavy atom. The van der Waals surface area contributed by atoms with Gasteiger partial charge >= 0.3 is 6.03 Å². The van der Waals surface area contributed by atoms with Crippen LogP contribution in [0.5, 0.6) is 5.75 Å². The maximum atomic E-state index is 12.0. The number of hydrogen-bond donors (Lipinski definition) is 2. The number of benzene rings is 2. The number of rotatable bonds is 3. The van der Waals surface area contributed by atoms with Gasteiger partial charge in [-0.3, -0.25) is 4.90 Å². The molecule has 0 heterocycles. The first-order chi connectivity index (χ1) is 9.56. The van der Waals surface area contributed by atoms with Gasteiger partial charge in [-0.15, -0.1) is 0 Å². The maximum Gasteiger partial charge on any atom is 0.321 e. The largest absolute Gasteiger partial charge is 0.508 e. The van der Waals surface area contributed by atoms with Crippen LogP contribution in [-0.2, 0) is 6.54 Å². The fourth-order valence-electron chi connectivity index (χ4n) is 1.80. The second-order valence-electron chi connectivity index (χ2n) is 4.72. The van der Waals surface area contributed by atoms with Crippen LogP contribution in [0, 0.1) is 6.92 Å². The molecule has 2 rings (SSSR count). The summed E-state index contributed by atoms with van der Waals surface area (Å²) < 4.78 is 0. The summed E-state index contributed by atoms with van der Waals surface area (Å²) >= 11 is 0. The first-order valence-corrected chi connectivity index (χ1v) is 6.42. The molecule has 2 amide bonds. The lowest BCUT2D eigenvalue weighted by molar-refractivity contribution is 0.247. The van der Waals surface area contributed by atoms with Gasteiger partial charge in [0.2, 0.25) is 0 Å². The number of urea groups is 1. The molecular weight excluding hydrogens is 252 g/mol. The average Bonchev–Trinajstić information content (AvgIpc) is 2.46. The molecule has 0 aromatic heterocycles. The summed E-state index contributed by atoms with van der Waals surface area (Å²) in [6, 6.07) is 14.3. The summed E-state index contributed by atoms with van der Waals surface area (Å²) in [4.78, 5) is 13.5. The van der Waals surface area contributed by atoms with Gasteiger partial charge in [-0.25, -0.2) is 4.79 Å². The lowest BCUT2D eigenvalue weighted by atomic mass is 10.1. The highest BCUT2D eigenvalue weighted by atomic mass is 16.3. The number of aromatic hydroxyl groups is 1. The number of hydrogen-bond acceptors (Lipinski definition) is 2. The van der Waals surface area contributed by atoms with E-state index in [2.05, 4.69) is 5.32 Å². The lowest BCUT2D eigenvalue weighted by Crippen LogP contribution is -2.36. The van der Waals surface area contributed by atoms with E-state index in [1.54, 1.807) is 31.3 Å². The number of phenolic OH excluding ortho intramolecular Hbond substituents is 1. The Hall–Kier alpha value is -2.49. The Morgan fingerprint density at radius 3 is 2.30 bits per heavy atom. The average molecular weight is 270 g/mol. The topological polar surface area (TPSA) is 52.6 Å². The highest BCUT2D eigenvalue weighted by Crippen LogP contribution is 2.17. The molecule has 104 valence electrons. The highest BCUT2D eigenvalue weighted by molar-refractivity contribution is 5.91. The van der Waals surface area contributed by atoms with Gasteiger partial charge in [0.15, 0.2) is 0 Å². The molecular formula is C16H18N2O2. The minimum atomic E-state index is -0.184. The Labute approximate surface area is 118 Å². The van der Waals surface area contributed by atoms with E-state index >= 15 is 0 Å². The molecule has 0 unspecified atom stereocenters. The quantitative estimate of drug-likeness (QED) is 0.900. The third-order valence-corrected chi connectivity index (χ3v) is 3.11. The van der Waals surface area contributed by atoms with Crippen molar-refractivity contribution in [2.75, 3.05) is 11.9 Å². The number of nitrogens with zero attached hydrogens (tertiary/aromatic N) is 1. The number of phenols is 1.